The quantitative estimate of drug-likeness (QED) is 0.801. The zero-order chi connectivity index (χ0) is 11.5. The molecule has 16 heavy (non-hydrogen) atoms. The summed E-state index contributed by atoms with van der Waals surface area (Å²) >= 11 is 0. The number of carbonyl (C=O) groups excluding carboxylic acids is 1. The van der Waals surface area contributed by atoms with E-state index in [9.17, 15) is 4.79 Å². The molecule has 0 bridgehead atoms. The van der Waals surface area contributed by atoms with Crippen molar-refractivity contribution in [3.05, 3.63) is 24.1 Å². The Balaban J connectivity index is 1.94. The number of hydrogen-bond acceptors (Lipinski definition) is 4. The van der Waals surface area contributed by atoms with E-state index in [4.69, 9.17) is 4.52 Å². The van der Waals surface area contributed by atoms with Crippen LogP contribution in [0.1, 0.15) is 5.76 Å². The minimum Gasteiger partial charge on any atom is -0.360 e. The van der Waals surface area contributed by atoms with Gasteiger partial charge in [0.15, 0.2) is 11.6 Å². The molecule has 7 heteroatoms. The van der Waals surface area contributed by atoms with Crippen molar-refractivity contribution in [2.75, 3.05) is 10.6 Å². The molecule has 2 amide bonds. The van der Waals surface area contributed by atoms with Crippen LogP contribution in [0.4, 0.5) is 16.4 Å². The van der Waals surface area contributed by atoms with Crippen LogP contribution in [0, 0.1) is 6.92 Å². The molecule has 0 atom stereocenters. The number of hydrogen-bond donors (Lipinski definition) is 2. The molecule has 0 unspecified atom stereocenters. The summed E-state index contributed by atoms with van der Waals surface area (Å²) in [5, 5.41) is 12.7. The smallest absolute Gasteiger partial charge is 0.326 e. The van der Waals surface area contributed by atoms with Crippen molar-refractivity contribution < 1.29 is 9.32 Å². The van der Waals surface area contributed by atoms with E-state index in [0.29, 0.717) is 17.4 Å². The first-order valence-electron chi connectivity index (χ1n) is 4.64. The van der Waals surface area contributed by atoms with Crippen molar-refractivity contribution in [3.8, 4) is 0 Å². The maximum absolute atomic E-state index is 11.4. The number of urea groups is 1. The van der Waals surface area contributed by atoms with E-state index < -0.39 is 6.03 Å². The van der Waals surface area contributed by atoms with Crippen molar-refractivity contribution in [3.63, 3.8) is 0 Å². The fraction of sp³-hybridized carbons (Fsp3) is 0.222. The van der Waals surface area contributed by atoms with Crippen LogP contribution in [-0.4, -0.2) is 21.0 Å². The Morgan fingerprint density at radius 1 is 1.44 bits per heavy atom. The normalized spacial score (nSPS) is 10.1. The van der Waals surface area contributed by atoms with Crippen molar-refractivity contribution >= 4 is 17.7 Å². The van der Waals surface area contributed by atoms with E-state index >= 15 is 0 Å². The number of anilines is 2. The number of carbonyl (C=O) groups is 1. The molecule has 0 aliphatic rings. The van der Waals surface area contributed by atoms with E-state index in [1.807, 2.05) is 0 Å². The Morgan fingerprint density at radius 3 is 2.75 bits per heavy atom. The largest absolute Gasteiger partial charge is 0.360 e. The molecule has 0 aromatic carbocycles. The fourth-order valence-corrected chi connectivity index (χ4v) is 1.17. The van der Waals surface area contributed by atoms with Gasteiger partial charge in [-0.2, -0.15) is 5.10 Å². The number of aryl methyl sites for hydroxylation is 2. The van der Waals surface area contributed by atoms with Gasteiger partial charge in [0.2, 0.25) is 0 Å². The second kappa shape index (κ2) is 4.05. The predicted octanol–water partition coefficient (Wildman–Crippen LogP) is 1.36. The molecule has 0 saturated heterocycles. The second-order valence-corrected chi connectivity index (χ2v) is 3.28. The Bertz CT molecular complexity index is 457. The Labute approximate surface area is 91.4 Å². The highest BCUT2D eigenvalue weighted by molar-refractivity contribution is 5.98. The van der Waals surface area contributed by atoms with E-state index in [1.165, 1.54) is 0 Å². The van der Waals surface area contributed by atoms with E-state index in [1.54, 1.807) is 37.0 Å². The molecule has 0 saturated carbocycles. The summed E-state index contributed by atoms with van der Waals surface area (Å²) < 4.78 is 6.40. The zero-order valence-corrected chi connectivity index (χ0v) is 8.89. The van der Waals surface area contributed by atoms with Gasteiger partial charge < -0.3 is 4.52 Å². The van der Waals surface area contributed by atoms with Crippen molar-refractivity contribution in [1.82, 2.24) is 14.9 Å². The molecule has 7 nitrogen and oxygen atoms in total. The monoisotopic (exact) mass is 221 g/mol. The molecule has 2 heterocycles. The van der Waals surface area contributed by atoms with E-state index in [-0.39, 0.29) is 0 Å². The lowest BCUT2D eigenvalue weighted by atomic mass is 10.5. The van der Waals surface area contributed by atoms with Crippen LogP contribution >= 0.6 is 0 Å². The predicted molar refractivity (Wildman–Crippen MR) is 57.1 cm³/mol. The van der Waals surface area contributed by atoms with Crippen molar-refractivity contribution in [1.29, 1.82) is 0 Å². The first-order chi connectivity index (χ1) is 7.63. The second-order valence-electron chi connectivity index (χ2n) is 3.28. The lowest BCUT2D eigenvalue weighted by molar-refractivity contribution is 0.262. The van der Waals surface area contributed by atoms with Crippen molar-refractivity contribution in [2.45, 2.75) is 6.92 Å². The van der Waals surface area contributed by atoms with Crippen LogP contribution in [0.25, 0.3) is 0 Å². The van der Waals surface area contributed by atoms with E-state index in [2.05, 4.69) is 20.9 Å². The highest BCUT2D eigenvalue weighted by Gasteiger charge is 2.07. The number of aromatic nitrogens is 3. The highest BCUT2D eigenvalue weighted by Crippen LogP contribution is 2.08. The number of amides is 2. The van der Waals surface area contributed by atoms with Crippen LogP contribution < -0.4 is 10.6 Å². The van der Waals surface area contributed by atoms with Gasteiger partial charge in [0.1, 0.15) is 5.76 Å². The summed E-state index contributed by atoms with van der Waals surface area (Å²) in [5.74, 6) is 1.47. The summed E-state index contributed by atoms with van der Waals surface area (Å²) in [7, 11) is 1.77. The Kier molecular flexibility index (Phi) is 2.59. The van der Waals surface area contributed by atoms with Gasteiger partial charge in [0, 0.05) is 25.4 Å². The summed E-state index contributed by atoms with van der Waals surface area (Å²) in [6, 6.07) is 2.90. The summed E-state index contributed by atoms with van der Waals surface area (Å²) in [6.45, 7) is 1.74. The summed E-state index contributed by atoms with van der Waals surface area (Å²) in [6.07, 6.45) is 1.73. The molecule has 0 aliphatic carbocycles. The average molecular weight is 221 g/mol. The molecule has 2 aromatic heterocycles. The van der Waals surface area contributed by atoms with Crippen LogP contribution in [0.2, 0.25) is 0 Å². The minimum atomic E-state index is -0.410. The molecule has 0 radical (unpaired) electrons. The topological polar surface area (TPSA) is 85.0 Å². The van der Waals surface area contributed by atoms with Gasteiger partial charge in [-0.25, -0.2) is 4.79 Å². The summed E-state index contributed by atoms with van der Waals surface area (Å²) in [5.41, 5.74) is 0. The summed E-state index contributed by atoms with van der Waals surface area (Å²) in [4.78, 5) is 11.4. The highest BCUT2D eigenvalue weighted by atomic mass is 16.5. The van der Waals surface area contributed by atoms with Gasteiger partial charge in [-0.1, -0.05) is 5.16 Å². The Morgan fingerprint density at radius 2 is 2.19 bits per heavy atom. The first-order valence-corrected chi connectivity index (χ1v) is 4.64. The molecule has 2 aromatic rings. The van der Waals surface area contributed by atoms with Gasteiger partial charge in [-0.15, -0.1) is 0 Å². The number of rotatable bonds is 2. The third-order valence-corrected chi connectivity index (χ3v) is 1.82. The molecule has 2 N–H and O–H groups in total. The van der Waals surface area contributed by atoms with Crippen LogP contribution in [0.3, 0.4) is 0 Å². The minimum absolute atomic E-state index is 0.367. The third-order valence-electron chi connectivity index (χ3n) is 1.82. The van der Waals surface area contributed by atoms with Gasteiger partial charge in [0.25, 0.3) is 0 Å². The SMILES string of the molecule is Cc1cc(NC(=O)Nc2ccn(C)n2)no1. The molecule has 0 spiro atoms. The molecule has 0 aliphatic heterocycles. The van der Waals surface area contributed by atoms with Gasteiger partial charge >= 0.3 is 6.03 Å². The van der Waals surface area contributed by atoms with Crippen LogP contribution in [0.5, 0.6) is 0 Å². The van der Waals surface area contributed by atoms with Crippen LogP contribution in [0.15, 0.2) is 22.9 Å². The Hall–Kier alpha value is -2.31. The van der Waals surface area contributed by atoms with Gasteiger partial charge in [0.05, 0.1) is 0 Å². The molecule has 0 fully saturated rings. The number of nitrogens with one attached hydrogen (secondary N) is 2. The lowest BCUT2D eigenvalue weighted by Gasteiger charge is -2.00. The molecular formula is C9H11N5O2. The number of nitrogens with zero attached hydrogens (tertiary/aromatic N) is 3. The fourth-order valence-electron chi connectivity index (χ4n) is 1.17. The van der Waals surface area contributed by atoms with Crippen LogP contribution in [-0.2, 0) is 7.05 Å². The third kappa shape index (κ3) is 2.38. The van der Waals surface area contributed by atoms with Gasteiger partial charge in [-0.3, -0.25) is 15.3 Å². The molecular weight excluding hydrogens is 210 g/mol. The molecule has 2 rings (SSSR count). The maximum atomic E-state index is 11.4. The maximum Gasteiger partial charge on any atom is 0.326 e. The lowest BCUT2D eigenvalue weighted by Crippen LogP contribution is -2.19. The zero-order valence-electron chi connectivity index (χ0n) is 8.89. The standard InChI is InChI=1S/C9H11N5O2/c1-6-5-8(13-16-6)11-9(15)10-7-3-4-14(2)12-7/h3-5H,1-2H3,(H2,10,11,12,13,15). The molecule has 84 valence electrons. The first kappa shape index (κ1) is 10.2. The van der Waals surface area contributed by atoms with Crippen molar-refractivity contribution in [2.24, 2.45) is 7.05 Å². The van der Waals surface area contributed by atoms with Gasteiger partial charge in [-0.05, 0) is 6.92 Å². The average Bonchev–Trinajstić information content (AvgIpc) is 2.76. The van der Waals surface area contributed by atoms with E-state index in [0.717, 1.165) is 0 Å².